The van der Waals surface area contributed by atoms with Crippen molar-refractivity contribution >= 4 is 21.4 Å². The van der Waals surface area contributed by atoms with Crippen molar-refractivity contribution in [1.29, 1.82) is 0 Å². The molecule has 9 heteroatoms. The first kappa shape index (κ1) is 20.0. The minimum atomic E-state index is -4.77. The van der Waals surface area contributed by atoms with E-state index < -0.39 is 32.8 Å². The van der Waals surface area contributed by atoms with Gasteiger partial charge in [-0.2, -0.15) is 13.2 Å². The van der Waals surface area contributed by atoms with Crippen LogP contribution in [0.1, 0.15) is 25.0 Å². The standard InChI is InChI=1S/C17H18F4N2O2S/c1-11(2)26(24,25)23-13-5-3-12(4-6-13)10-22-14-7-8-16(18)15(9-14)17(19,20)21/h3-9,11,22-23H,10H2,1-2H3. The molecule has 0 unspecified atom stereocenters. The molecule has 2 aromatic carbocycles. The smallest absolute Gasteiger partial charge is 0.381 e. The lowest BCUT2D eigenvalue weighted by atomic mass is 10.1. The van der Waals surface area contributed by atoms with Gasteiger partial charge in [0.15, 0.2) is 0 Å². The van der Waals surface area contributed by atoms with Gasteiger partial charge in [0, 0.05) is 17.9 Å². The maximum absolute atomic E-state index is 13.3. The minimum Gasteiger partial charge on any atom is -0.381 e. The van der Waals surface area contributed by atoms with Crippen LogP contribution in [0.15, 0.2) is 42.5 Å². The second-order valence-corrected chi connectivity index (χ2v) is 8.18. The van der Waals surface area contributed by atoms with Crippen molar-refractivity contribution in [3.8, 4) is 0 Å². The van der Waals surface area contributed by atoms with E-state index in [0.717, 1.165) is 11.6 Å². The Labute approximate surface area is 149 Å². The van der Waals surface area contributed by atoms with Gasteiger partial charge < -0.3 is 5.32 Å². The van der Waals surface area contributed by atoms with Gasteiger partial charge in [0.05, 0.1) is 10.8 Å². The SMILES string of the molecule is CC(C)S(=O)(=O)Nc1ccc(CNc2ccc(F)c(C(F)(F)F)c2)cc1. The van der Waals surface area contributed by atoms with E-state index in [1.54, 1.807) is 38.1 Å². The highest BCUT2D eigenvalue weighted by atomic mass is 32.2. The molecule has 142 valence electrons. The second-order valence-electron chi connectivity index (χ2n) is 5.94. The number of rotatable bonds is 6. The summed E-state index contributed by atoms with van der Waals surface area (Å²) in [4.78, 5) is 0. The van der Waals surface area contributed by atoms with Crippen LogP contribution >= 0.6 is 0 Å². The minimum absolute atomic E-state index is 0.128. The van der Waals surface area contributed by atoms with Crippen LogP contribution < -0.4 is 10.0 Å². The number of benzene rings is 2. The molecule has 0 aliphatic heterocycles. The third kappa shape index (κ3) is 5.10. The number of nitrogens with one attached hydrogen (secondary N) is 2. The lowest BCUT2D eigenvalue weighted by Crippen LogP contribution is -2.22. The van der Waals surface area contributed by atoms with E-state index in [4.69, 9.17) is 0 Å². The van der Waals surface area contributed by atoms with E-state index in [9.17, 15) is 26.0 Å². The number of anilines is 2. The molecule has 0 radical (unpaired) electrons. The Balaban J connectivity index is 2.05. The number of halogens is 4. The molecule has 2 aromatic rings. The van der Waals surface area contributed by atoms with E-state index >= 15 is 0 Å². The monoisotopic (exact) mass is 390 g/mol. The van der Waals surface area contributed by atoms with Gasteiger partial charge in [-0.3, -0.25) is 4.72 Å². The Hall–Kier alpha value is -2.29. The van der Waals surface area contributed by atoms with Crippen LogP contribution in [0, 0.1) is 5.82 Å². The Morgan fingerprint density at radius 3 is 2.12 bits per heavy atom. The van der Waals surface area contributed by atoms with Gasteiger partial charge >= 0.3 is 6.18 Å². The number of hydrogen-bond acceptors (Lipinski definition) is 3. The predicted octanol–water partition coefficient (Wildman–Crippen LogP) is 4.61. The average molecular weight is 390 g/mol. The summed E-state index contributed by atoms with van der Waals surface area (Å²) < 4.78 is 77.4. The zero-order valence-corrected chi connectivity index (χ0v) is 14.9. The summed E-state index contributed by atoms with van der Waals surface area (Å²) in [6.45, 7) is 3.30. The van der Waals surface area contributed by atoms with Crippen LogP contribution in [0.4, 0.5) is 28.9 Å². The highest BCUT2D eigenvalue weighted by molar-refractivity contribution is 7.93. The first-order valence-electron chi connectivity index (χ1n) is 7.70. The fourth-order valence-corrected chi connectivity index (χ4v) is 2.73. The molecule has 26 heavy (non-hydrogen) atoms. The van der Waals surface area contributed by atoms with Crippen LogP contribution in [0.5, 0.6) is 0 Å². The van der Waals surface area contributed by atoms with Gasteiger partial charge in [-0.15, -0.1) is 0 Å². The van der Waals surface area contributed by atoms with Crippen molar-refractivity contribution in [2.75, 3.05) is 10.0 Å². The highest BCUT2D eigenvalue weighted by Gasteiger charge is 2.34. The third-order valence-electron chi connectivity index (χ3n) is 3.60. The molecule has 2 N–H and O–H groups in total. The van der Waals surface area contributed by atoms with E-state index in [1.165, 1.54) is 6.07 Å². The van der Waals surface area contributed by atoms with Crippen LogP contribution in [-0.2, 0) is 22.7 Å². The fraction of sp³-hybridized carbons (Fsp3) is 0.294. The molecule has 0 aliphatic rings. The Morgan fingerprint density at radius 2 is 1.58 bits per heavy atom. The summed E-state index contributed by atoms with van der Waals surface area (Å²) >= 11 is 0. The Kier molecular flexibility index (Phi) is 5.80. The van der Waals surface area contributed by atoms with Crippen molar-refractivity contribution in [2.45, 2.75) is 31.8 Å². The molecule has 0 saturated heterocycles. The molecule has 0 bridgehead atoms. The van der Waals surface area contributed by atoms with Gasteiger partial charge in [-0.25, -0.2) is 12.8 Å². The lowest BCUT2D eigenvalue weighted by Gasteiger charge is -2.13. The van der Waals surface area contributed by atoms with Gasteiger partial charge in [-0.05, 0) is 49.7 Å². The van der Waals surface area contributed by atoms with Gasteiger partial charge in [0.1, 0.15) is 5.82 Å². The zero-order valence-electron chi connectivity index (χ0n) is 14.1. The van der Waals surface area contributed by atoms with Gasteiger partial charge in [0.25, 0.3) is 0 Å². The van der Waals surface area contributed by atoms with E-state index in [0.29, 0.717) is 11.8 Å². The molecular weight excluding hydrogens is 372 g/mol. The zero-order chi connectivity index (χ0) is 19.5. The molecule has 0 saturated carbocycles. The van der Waals surface area contributed by atoms with E-state index in [2.05, 4.69) is 10.0 Å². The van der Waals surface area contributed by atoms with Crippen LogP contribution in [0.25, 0.3) is 0 Å². The maximum Gasteiger partial charge on any atom is 0.419 e. The van der Waals surface area contributed by atoms with E-state index in [-0.39, 0.29) is 12.2 Å². The summed E-state index contributed by atoms with van der Waals surface area (Å²) in [6, 6.07) is 9.08. The van der Waals surface area contributed by atoms with Crippen molar-refractivity contribution in [3.05, 3.63) is 59.4 Å². The second kappa shape index (κ2) is 7.53. The van der Waals surface area contributed by atoms with Gasteiger partial charge in [0.2, 0.25) is 10.0 Å². The predicted molar refractivity (Wildman–Crippen MR) is 92.8 cm³/mol. The molecule has 0 amide bonds. The molecule has 0 atom stereocenters. The van der Waals surface area contributed by atoms with Crippen molar-refractivity contribution in [3.63, 3.8) is 0 Å². The van der Waals surface area contributed by atoms with Crippen molar-refractivity contribution in [2.24, 2.45) is 0 Å². The number of hydrogen-bond donors (Lipinski definition) is 2. The molecule has 0 heterocycles. The number of alkyl halides is 3. The summed E-state index contributed by atoms with van der Waals surface area (Å²) in [5, 5.41) is 2.20. The molecule has 0 spiro atoms. The number of sulfonamides is 1. The fourth-order valence-electron chi connectivity index (χ4n) is 2.03. The summed E-state index contributed by atoms with van der Waals surface area (Å²) in [5.74, 6) is -1.33. The normalized spacial score (nSPS) is 12.3. The Morgan fingerprint density at radius 1 is 1.00 bits per heavy atom. The molecule has 2 rings (SSSR count). The molecule has 0 aromatic heterocycles. The van der Waals surface area contributed by atoms with Crippen molar-refractivity contribution in [1.82, 2.24) is 0 Å². The highest BCUT2D eigenvalue weighted by Crippen LogP contribution is 2.33. The van der Waals surface area contributed by atoms with Crippen LogP contribution in [0.2, 0.25) is 0 Å². The topological polar surface area (TPSA) is 58.2 Å². The maximum atomic E-state index is 13.3. The lowest BCUT2D eigenvalue weighted by molar-refractivity contribution is -0.139. The summed E-state index contributed by atoms with van der Waals surface area (Å²) in [5.41, 5.74) is -0.0942. The van der Waals surface area contributed by atoms with Crippen LogP contribution in [0.3, 0.4) is 0 Å². The first-order valence-corrected chi connectivity index (χ1v) is 9.25. The third-order valence-corrected chi connectivity index (χ3v) is 5.36. The molecule has 4 nitrogen and oxygen atoms in total. The quantitative estimate of drug-likeness (QED) is 0.709. The summed E-state index contributed by atoms with van der Waals surface area (Å²) in [6.07, 6.45) is -4.77. The van der Waals surface area contributed by atoms with Crippen LogP contribution in [-0.4, -0.2) is 13.7 Å². The molecular formula is C17H18F4N2O2S. The van der Waals surface area contributed by atoms with E-state index in [1.807, 2.05) is 0 Å². The van der Waals surface area contributed by atoms with Crippen molar-refractivity contribution < 1.29 is 26.0 Å². The largest absolute Gasteiger partial charge is 0.419 e. The average Bonchev–Trinajstić information content (AvgIpc) is 2.54. The van der Waals surface area contributed by atoms with Gasteiger partial charge in [-0.1, -0.05) is 12.1 Å². The first-order chi connectivity index (χ1) is 12.0. The Bertz CT molecular complexity index is 863. The molecule has 0 fully saturated rings. The summed E-state index contributed by atoms with van der Waals surface area (Å²) in [7, 11) is -3.45. The molecule has 0 aliphatic carbocycles.